The maximum absolute atomic E-state index is 4.39. The fraction of sp³-hybridized carbons (Fsp3) is 0.412. The van der Waals surface area contributed by atoms with E-state index >= 15 is 0 Å². The zero-order valence-electron chi connectivity index (χ0n) is 12.2. The van der Waals surface area contributed by atoms with Gasteiger partial charge >= 0.3 is 0 Å². The molecule has 0 spiro atoms. The molecule has 3 heteroatoms. The lowest BCUT2D eigenvalue weighted by molar-refractivity contribution is 0.279. The minimum atomic E-state index is 1.02. The maximum Gasteiger partial charge on any atom is 0.0416 e. The van der Waals surface area contributed by atoms with Gasteiger partial charge in [-0.3, -0.25) is 9.97 Å². The van der Waals surface area contributed by atoms with Crippen molar-refractivity contribution in [2.45, 2.75) is 26.2 Å². The monoisotopic (exact) mass is 269 g/mol. The van der Waals surface area contributed by atoms with Gasteiger partial charge in [0, 0.05) is 49.7 Å². The molecule has 2 aromatic rings. The first kappa shape index (κ1) is 14.7. The Morgan fingerprint density at radius 1 is 0.800 bits per heavy atom. The van der Waals surface area contributed by atoms with Crippen LogP contribution in [0.3, 0.4) is 0 Å². The summed E-state index contributed by atoms with van der Waals surface area (Å²) in [5.74, 6) is 0. The van der Waals surface area contributed by atoms with Crippen molar-refractivity contribution in [3.63, 3.8) is 0 Å². The second-order valence-electron chi connectivity index (χ2n) is 4.98. The van der Waals surface area contributed by atoms with Crippen molar-refractivity contribution in [3.05, 3.63) is 60.2 Å². The summed E-state index contributed by atoms with van der Waals surface area (Å²) in [6.07, 6.45) is 6.96. The van der Waals surface area contributed by atoms with Gasteiger partial charge < -0.3 is 4.90 Å². The molecule has 0 unspecified atom stereocenters. The van der Waals surface area contributed by atoms with Crippen LogP contribution in [0.2, 0.25) is 0 Å². The smallest absolute Gasteiger partial charge is 0.0416 e. The van der Waals surface area contributed by atoms with E-state index in [4.69, 9.17) is 0 Å². The van der Waals surface area contributed by atoms with Crippen LogP contribution in [0.5, 0.6) is 0 Å². The van der Waals surface area contributed by atoms with Crippen LogP contribution in [0.4, 0.5) is 0 Å². The van der Waals surface area contributed by atoms with Crippen LogP contribution < -0.4 is 0 Å². The van der Waals surface area contributed by atoms with Crippen molar-refractivity contribution < 1.29 is 0 Å². The summed E-state index contributed by atoms with van der Waals surface area (Å²) in [5.41, 5.74) is 2.35. The van der Waals surface area contributed by atoms with Gasteiger partial charge in [0.2, 0.25) is 0 Å². The molecular weight excluding hydrogens is 246 g/mol. The van der Waals surface area contributed by atoms with Gasteiger partial charge in [-0.1, -0.05) is 19.1 Å². The van der Waals surface area contributed by atoms with Crippen molar-refractivity contribution in [2.75, 3.05) is 19.6 Å². The summed E-state index contributed by atoms with van der Waals surface area (Å²) in [4.78, 5) is 11.3. The molecule has 0 aliphatic carbocycles. The molecule has 0 aliphatic heterocycles. The molecule has 3 nitrogen and oxygen atoms in total. The fourth-order valence-electron chi connectivity index (χ4n) is 2.29. The number of hydrogen-bond donors (Lipinski definition) is 0. The predicted molar refractivity (Wildman–Crippen MR) is 82.6 cm³/mol. The van der Waals surface area contributed by atoms with E-state index in [1.54, 1.807) is 0 Å². The van der Waals surface area contributed by atoms with Crippen LogP contribution in [-0.2, 0) is 12.8 Å². The van der Waals surface area contributed by atoms with Gasteiger partial charge in [-0.2, -0.15) is 0 Å². The molecule has 0 fully saturated rings. The van der Waals surface area contributed by atoms with E-state index < -0.39 is 0 Å². The van der Waals surface area contributed by atoms with Crippen LogP contribution in [0.25, 0.3) is 0 Å². The van der Waals surface area contributed by atoms with Gasteiger partial charge in [0.15, 0.2) is 0 Å². The highest BCUT2D eigenvalue weighted by molar-refractivity contribution is 5.05. The van der Waals surface area contributed by atoms with Crippen LogP contribution in [0.15, 0.2) is 48.8 Å². The first-order chi connectivity index (χ1) is 9.88. The lowest BCUT2D eigenvalue weighted by Gasteiger charge is -2.21. The normalized spacial score (nSPS) is 10.9. The summed E-state index contributed by atoms with van der Waals surface area (Å²) >= 11 is 0. The Kier molecular flexibility index (Phi) is 6.18. The molecule has 0 saturated carbocycles. The Morgan fingerprint density at radius 3 is 1.75 bits per heavy atom. The number of hydrogen-bond acceptors (Lipinski definition) is 3. The Hall–Kier alpha value is -1.74. The molecule has 0 saturated heterocycles. The molecule has 0 amide bonds. The van der Waals surface area contributed by atoms with E-state index in [1.165, 1.54) is 17.8 Å². The minimum Gasteiger partial charge on any atom is -0.303 e. The van der Waals surface area contributed by atoms with Crippen LogP contribution in [-0.4, -0.2) is 34.5 Å². The molecule has 2 aromatic heterocycles. The van der Waals surface area contributed by atoms with Crippen molar-refractivity contribution >= 4 is 0 Å². The summed E-state index contributed by atoms with van der Waals surface area (Å²) in [6, 6.07) is 12.2. The van der Waals surface area contributed by atoms with Crippen LogP contribution >= 0.6 is 0 Å². The van der Waals surface area contributed by atoms with Gasteiger partial charge in [0.25, 0.3) is 0 Å². The van der Waals surface area contributed by atoms with Crippen molar-refractivity contribution in [2.24, 2.45) is 0 Å². The first-order valence-corrected chi connectivity index (χ1v) is 7.40. The number of pyridine rings is 2. The van der Waals surface area contributed by atoms with E-state index in [1.807, 2.05) is 24.5 Å². The molecule has 2 rings (SSSR count). The number of nitrogens with zero attached hydrogens (tertiary/aromatic N) is 3. The van der Waals surface area contributed by atoms with E-state index in [0.29, 0.717) is 0 Å². The second kappa shape index (κ2) is 8.43. The summed E-state index contributed by atoms with van der Waals surface area (Å²) < 4.78 is 0. The summed E-state index contributed by atoms with van der Waals surface area (Å²) in [7, 11) is 0. The van der Waals surface area contributed by atoms with Crippen molar-refractivity contribution in [1.29, 1.82) is 0 Å². The largest absolute Gasteiger partial charge is 0.303 e. The quantitative estimate of drug-likeness (QED) is 0.737. The topological polar surface area (TPSA) is 29.0 Å². The lowest BCUT2D eigenvalue weighted by atomic mass is 10.2. The zero-order chi connectivity index (χ0) is 14.0. The van der Waals surface area contributed by atoms with Crippen molar-refractivity contribution in [1.82, 2.24) is 14.9 Å². The maximum atomic E-state index is 4.39. The number of aromatic nitrogens is 2. The van der Waals surface area contributed by atoms with Gasteiger partial charge in [-0.25, -0.2) is 0 Å². The third-order valence-corrected chi connectivity index (χ3v) is 3.36. The second-order valence-corrected chi connectivity index (χ2v) is 4.98. The van der Waals surface area contributed by atoms with E-state index in [2.05, 4.69) is 46.1 Å². The van der Waals surface area contributed by atoms with Gasteiger partial charge in [-0.15, -0.1) is 0 Å². The third-order valence-electron chi connectivity index (χ3n) is 3.36. The molecular formula is C17H23N3. The zero-order valence-corrected chi connectivity index (χ0v) is 12.2. The molecule has 0 aliphatic rings. The Morgan fingerprint density at radius 2 is 1.35 bits per heavy atom. The Labute approximate surface area is 121 Å². The van der Waals surface area contributed by atoms with Gasteiger partial charge in [-0.05, 0) is 37.2 Å². The molecule has 106 valence electrons. The predicted octanol–water partition coefficient (Wildman–Crippen LogP) is 2.97. The molecule has 0 bridgehead atoms. The Bertz CT molecular complexity index is 427. The van der Waals surface area contributed by atoms with E-state index in [-0.39, 0.29) is 0 Å². The van der Waals surface area contributed by atoms with Gasteiger partial charge in [0.1, 0.15) is 0 Å². The minimum absolute atomic E-state index is 1.02. The Balaban J connectivity index is 1.81. The van der Waals surface area contributed by atoms with Crippen LogP contribution in [0, 0.1) is 0 Å². The summed E-state index contributed by atoms with van der Waals surface area (Å²) in [5, 5.41) is 0. The van der Waals surface area contributed by atoms with E-state index in [0.717, 1.165) is 32.5 Å². The standard InChI is InChI=1S/C17H23N3/c1-2-13-20(14-9-16-7-3-5-11-18-16)15-10-17-8-4-6-12-19-17/h3-8,11-12H,2,9-10,13-15H2,1H3. The SMILES string of the molecule is CCCN(CCc1ccccn1)CCc1ccccn1. The lowest BCUT2D eigenvalue weighted by Crippen LogP contribution is -2.29. The van der Waals surface area contributed by atoms with Crippen LogP contribution in [0.1, 0.15) is 24.7 Å². The molecule has 20 heavy (non-hydrogen) atoms. The molecule has 0 atom stereocenters. The number of rotatable bonds is 8. The third kappa shape index (κ3) is 5.10. The van der Waals surface area contributed by atoms with Crippen molar-refractivity contribution in [3.8, 4) is 0 Å². The molecule has 2 heterocycles. The molecule has 0 radical (unpaired) electrons. The average Bonchev–Trinajstić information content (AvgIpc) is 2.52. The van der Waals surface area contributed by atoms with Gasteiger partial charge in [0.05, 0.1) is 0 Å². The molecule has 0 N–H and O–H groups in total. The average molecular weight is 269 g/mol. The highest BCUT2D eigenvalue weighted by Crippen LogP contribution is 2.02. The van der Waals surface area contributed by atoms with E-state index in [9.17, 15) is 0 Å². The highest BCUT2D eigenvalue weighted by atomic mass is 15.1. The fourth-order valence-corrected chi connectivity index (χ4v) is 2.29. The highest BCUT2D eigenvalue weighted by Gasteiger charge is 2.05. The first-order valence-electron chi connectivity index (χ1n) is 7.40. The molecule has 0 aromatic carbocycles. The summed E-state index contributed by atoms with van der Waals surface area (Å²) in [6.45, 7) is 5.50.